The summed E-state index contributed by atoms with van der Waals surface area (Å²) in [6.45, 7) is 6.40. The molecule has 0 aliphatic heterocycles. The molecule has 0 radical (unpaired) electrons. The number of hydrogen-bond donors (Lipinski definition) is 2. The molecule has 130 valence electrons. The van der Waals surface area contributed by atoms with E-state index < -0.39 is 5.97 Å². The number of halogens is 1. The van der Waals surface area contributed by atoms with Crippen molar-refractivity contribution in [3.63, 3.8) is 0 Å². The Morgan fingerprint density at radius 2 is 2.04 bits per heavy atom. The van der Waals surface area contributed by atoms with Gasteiger partial charge in [0.1, 0.15) is 11.4 Å². The smallest absolute Gasteiger partial charge is 0.342 e. The van der Waals surface area contributed by atoms with Crippen LogP contribution in [0.15, 0.2) is 6.20 Å². The topological polar surface area (TPSA) is 79.5 Å². The minimum absolute atomic E-state index is 0.0289. The highest BCUT2D eigenvalue weighted by molar-refractivity contribution is 6.33. The van der Waals surface area contributed by atoms with Crippen LogP contribution in [0.2, 0.25) is 5.15 Å². The van der Waals surface area contributed by atoms with Crippen LogP contribution >= 0.6 is 11.6 Å². The van der Waals surface area contributed by atoms with Crippen LogP contribution in [0.3, 0.4) is 0 Å². The Morgan fingerprint density at radius 1 is 1.38 bits per heavy atom. The second-order valence-electron chi connectivity index (χ2n) is 6.93. The fraction of sp³-hybridized carbons (Fsp3) is 0.588. The molecule has 0 spiro atoms. The molecule has 0 aromatic carbocycles. The SMILES string of the molecule is CC(C)[C@@H](C)Nc1c(C2CCCC2)cnc2c(C(=O)O)c(Cl)nn12. The van der Waals surface area contributed by atoms with Crippen LogP contribution in [0.5, 0.6) is 0 Å². The van der Waals surface area contributed by atoms with Crippen molar-refractivity contribution in [2.24, 2.45) is 5.92 Å². The van der Waals surface area contributed by atoms with Crippen LogP contribution in [0.25, 0.3) is 5.65 Å². The maximum atomic E-state index is 11.5. The molecule has 1 fully saturated rings. The number of carbonyl (C=O) groups is 1. The lowest BCUT2D eigenvalue weighted by molar-refractivity contribution is 0.0699. The molecular formula is C17H23ClN4O2. The quantitative estimate of drug-likeness (QED) is 0.845. The first-order valence-corrected chi connectivity index (χ1v) is 8.85. The van der Waals surface area contributed by atoms with Crippen LogP contribution in [-0.4, -0.2) is 31.7 Å². The number of hydrogen-bond acceptors (Lipinski definition) is 4. The van der Waals surface area contributed by atoms with Gasteiger partial charge >= 0.3 is 5.97 Å². The fourth-order valence-electron chi connectivity index (χ4n) is 3.22. The molecule has 1 aliphatic carbocycles. The van der Waals surface area contributed by atoms with E-state index in [0.717, 1.165) is 24.2 Å². The van der Waals surface area contributed by atoms with Gasteiger partial charge in [0.25, 0.3) is 0 Å². The van der Waals surface area contributed by atoms with Crippen molar-refractivity contribution in [2.75, 3.05) is 5.32 Å². The summed E-state index contributed by atoms with van der Waals surface area (Å²) in [5.74, 6) is 0.566. The molecule has 2 N–H and O–H groups in total. The first-order chi connectivity index (χ1) is 11.4. The highest BCUT2D eigenvalue weighted by Crippen LogP contribution is 2.38. The molecule has 0 amide bonds. The Hall–Kier alpha value is -1.82. The van der Waals surface area contributed by atoms with Gasteiger partial charge in [-0.1, -0.05) is 38.3 Å². The number of anilines is 1. The van der Waals surface area contributed by atoms with Crippen LogP contribution < -0.4 is 5.32 Å². The van der Waals surface area contributed by atoms with Crippen molar-refractivity contribution in [3.8, 4) is 0 Å². The van der Waals surface area contributed by atoms with Crippen LogP contribution in [0.1, 0.15) is 68.3 Å². The van der Waals surface area contributed by atoms with Crippen molar-refractivity contribution in [3.05, 3.63) is 22.5 Å². The molecule has 2 heterocycles. The van der Waals surface area contributed by atoms with Crippen molar-refractivity contribution in [2.45, 2.75) is 58.4 Å². The van der Waals surface area contributed by atoms with Gasteiger partial charge in [-0.3, -0.25) is 0 Å². The van der Waals surface area contributed by atoms with E-state index in [0.29, 0.717) is 11.8 Å². The van der Waals surface area contributed by atoms with E-state index in [1.54, 1.807) is 10.7 Å². The van der Waals surface area contributed by atoms with Gasteiger partial charge in [-0.05, 0) is 31.6 Å². The monoisotopic (exact) mass is 350 g/mol. The normalized spacial score (nSPS) is 16.9. The summed E-state index contributed by atoms with van der Waals surface area (Å²) in [6.07, 6.45) is 6.47. The van der Waals surface area contributed by atoms with Crippen LogP contribution in [0.4, 0.5) is 5.82 Å². The zero-order valence-electron chi connectivity index (χ0n) is 14.2. The lowest BCUT2D eigenvalue weighted by atomic mass is 9.98. The zero-order chi connectivity index (χ0) is 17.4. The average Bonchev–Trinajstić information content (AvgIpc) is 3.13. The van der Waals surface area contributed by atoms with E-state index in [2.05, 4.69) is 36.2 Å². The van der Waals surface area contributed by atoms with E-state index in [1.807, 2.05) is 0 Å². The molecule has 0 bridgehead atoms. The van der Waals surface area contributed by atoms with E-state index in [-0.39, 0.29) is 22.4 Å². The van der Waals surface area contributed by atoms with Crippen molar-refractivity contribution >= 4 is 29.0 Å². The van der Waals surface area contributed by atoms with Gasteiger partial charge in [-0.25, -0.2) is 9.78 Å². The highest BCUT2D eigenvalue weighted by atomic mass is 35.5. The molecule has 7 heteroatoms. The molecule has 24 heavy (non-hydrogen) atoms. The number of carboxylic acids is 1. The highest BCUT2D eigenvalue weighted by Gasteiger charge is 2.27. The Bertz CT molecular complexity index is 766. The molecule has 1 saturated carbocycles. The molecule has 2 aromatic rings. The second-order valence-corrected chi connectivity index (χ2v) is 7.28. The van der Waals surface area contributed by atoms with Crippen molar-refractivity contribution in [1.82, 2.24) is 14.6 Å². The van der Waals surface area contributed by atoms with Gasteiger partial charge in [-0.15, -0.1) is 0 Å². The summed E-state index contributed by atoms with van der Waals surface area (Å²) in [7, 11) is 0. The van der Waals surface area contributed by atoms with Gasteiger partial charge in [0, 0.05) is 17.8 Å². The molecule has 2 aromatic heterocycles. The summed E-state index contributed by atoms with van der Waals surface area (Å²) in [4.78, 5) is 15.9. The Labute approximate surface area is 146 Å². The molecule has 1 aliphatic rings. The second kappa shape index (κ2) is 6.59. The van der Waals surface area contributed by atoms with Gasteiger partial charge in [0.2, 0.25) is 0 Å². The summed E-state index contributed by atoms with van der Waals surface area (Å²) in [5.41, 5.74) is 1.34. The zero-order valence-corrected chi connectivity index (χ0v) is 15.0. The molecular weight excluding hydrogens is 328 g/mol. The minimum Gasteiger partial charge on any atom is -0.477 e. The molecule has 3 rings (SSSR count). The number of aromatic carboxylic acids is 1. The predicted octanol–water partition coefficient (Wildman–Crippen LogP) is 4.19. The summed E-state index contributed by atoms with van der Waals surface area (Å²) in [6, 6.07) is 0.215. The molecule has 6 nitrogen and oxygen atoms in total. The third-order valence-corrected chi connectivity index (χ3v) is 5.27. The Morgan fingerprint density at radius 3 is 2.62 bits per heavy atom. The number of aromatic nitrogens is 3. The standard InChI is InChI=1S/C17H23ClN4O2/c1-9(2)10(3)20-15-12(11-6-4-5-7-11)8-19-16-13(17(23)24)14(18)21-22(15)16/h8-11,20H,4-7H2,1-3H3,(H,23,24)/t10-/m1/s1. The minimum atomic E-state index is -1.11. The summed E-state index contributed by atoms with van der Waals surface area (Å²) >= 11 is 6.07. The number of nitrogens with zero attached hydrogens (tertiary/aromatic N) is 3. The molecule has 0 unspecified atom stereocenters. The van der Waals surface area contributed by atoms with E-state index in [4.69, 9.17) is 11.6 Å². The third-order valence-electron chi connectivity index (χ3n) is 5.00. The first-order valence-electron chi connectivity index (χ1n) is 8.47. The van der Waals surface area contributed by atoms with Crippen molar-refractivity contribution < 1.29 is 9.90 Å². The maximum absolute atomic E-state index is 11.5. The Balaban J connectivity index is 2.18. The largest absolute Gasteiger partial charge is 0.477 e. The maximum Gasteiger partial charge on any atom is 0.342 e. The molecule has 0 saturated heterocycles. The average molecular weight is 351 g/mol. The van der Waals surface area contributed by atoms with Crippen LogP contribution in [0, 0.1) is 5.92 Å². The predicted molar refractivity (Wildman–Crippen MR) is 94.1 cm³/mol. The van der Waals surface area contributed by atoms with E-state index in [9.17, 15) is 9.90 Å². The van der Waals surface area contributed by atoms with Gasteiger partial charge in [-0.2, -0.15) is 9.61 Å². The Kier molecular flexibility index (Phi) is 4.67. The number of nitrogens with one attached hydrogen (secondary N) is 1. The summed E-state index contributed by atoms with van der Waals surface area (Å²) in [5, 5.41) is 17.1. The number of fused-ring (bicyclic) bond motifs is 1. The third kappa shape index (κ3) is 2.95. The number of carboxylic acid groups (broad SMARTS) is 1. The van der Waals surface area contributed by atoms with Gasteiger partial charge in [0.15, 0.2) is 10.8 Å². The first kappa shape index (κ1) is 17.0. The van der Waals surface area contributed by atoms with E-state index >= 15 is 0 Å². The fourth-order valence-corrected chi connectivity index (χ4v) is 3.46. The van der Waals surface area contributed by atoms with Crippen molar-refractivity contribution in [1.29, 1.82) is 0 Å². The summed E-state index contributed by atoms with van der Waals surface area (Å²) < 4.78 is 1.57. The molecule has 1 atom stereocenters. The van der Waals surface area contributed by atoms with E-state index in [1.165, 1.54) is 12.8 Å². The van der Waals surface area contributed by atoms with Crippen LogP contribution in [-0.2, 0) is 0 Å². The number of rotatable bonds is 5. The van der Waals surface area contributed by atoms with Gasteiger partial charge < -0.3 is 10.4 Å². The lowest BCUT2D eigenvalue weighted by Gasteiger charge is -2.23. The lowest BCUT2D eigenvalue weighted by Crippen LogP contribution is -2.24. The van der Waals surface area contributed by atoms with Gasteiger partial charge in [0.05, 0.1) is 0 Å².